The predicted molar refractivity (Wildman–Crippen MR) is 90.5 cm³/mol. The van der Waals surface area contributed by atoms with E-state index in [9.17, 15) is 9.59 Å². The van der Waals surface area contributed by atoms with Gasteiger partial charge in [0.2, 0.25) is 11.8 Å². The second-order valence-corrected chi connectivity index (χ2v) is 7.20. The van der Waals surface area contributed by atoms with Crippen molar-refractivity contribution in [2.45, 2.75) is 38.6 Å². The Labute approximate surface area is 136 Å². The largest absolute Gasteiger partial charge is 0.357 e. The number of nitrogens with one attached hydrogen (secondary N) is 1. The standard InChI is InChI=1S/C17H24N2O2S/c1-11(2)9-14(16(21)18-4)19-15(20)10-22-17(19)13-7-5-12(3)6-8-13/h5-8,11,14,17H,9-10H2,1-4H3,(H,18,21)/t14-,17+/m1/s1. The Balaban J connectivity index is 2.32. The number of nitrogens with zero attached hydrogens (tertiary/aromatic N) is 1. The van der Waals surface area contributed by atoms with Crippen LogP contribution in [0.3, 0.4) is 0 Å². The molecule has 2 rings (SSSR count). The van der Waals surface area contributed by atoms with E-state index in [0.29, 0.717) is 18.1 Å². The molecule has 1 aliphatic rings. The van der Waals surface area contributed by atoms with Crippen LogP contribution in [0.5, 0.6) is 0 Å². The van der Waals surface area contributed by atoms with Crippen molar-refractivity contribution in [3.05, 3.63) is 35.4 Å². The normalized spacial score (nSPS) is 19.6. The number of benzene rings is 1. The van der Waals surface area contributed by atoms with Gasteiger partial charge in [-0.25, -0.2) is 0 Å². The maximum absolute atomic E-state index is 12.4. The fraction of sp³-hybridized carbons (Fsp3) is 0.529. The highest BCUT2D eigenvalue weighted by Crippen LogP contribution is 2.41. The van der Waals surface area contributed by atoms with Crippen molar-refractivity contribution in [2.24, 2.45) is 5.92 Å². The summed E-state index contributed by atoms with van der Waals surface area (Å²) in [5.74, 6) is 0.746. The van der Waals surface area contributed by atoms with Gasteiger partial charge in [-0.1, -0.05) is 43.7 Å². The van der Waals surface area contributed by atoms with Gasteiger partial charge in [0.05, 0.1) is 5.75 Å². The fourth-order valence-electron chi connectivity index (χ4n) is 2.72. The molecule has 0 spiro atoms. The summed E-state index contributed by atoms with van der Waals surface area (Å²) in [5.41, 5.74) is 2.27. The van der Waals surface area contributed by atoms with E-state index in [1.807, 2.05) is 19.1 Å². The summed E-state index contributed by atoms with van der Waals surface area (Å²) in [6.07, 6.45) is 0.675. The van der Waals surface area contributed by atoms with Crippen LogP contribution in [0.25, 0.3) is 0 Å². The Morgan fingerprint density at radius 1 is 1.36 bits per heavy atom. The third kappa shape index (κ3) is 3.64. The smallest absolute Gasteiger partial charge is 0.242 e. The molecule has 4 nitrogen and oxygen atoms in total. The summed E-state index contributed by atoms with van der Waals surface area (Å²) < 4.78 is 0. The summed E-state index contributed by atoms with van der Waals surface area (Å²) in [5, 5.41) is 2.63. The van der Waals surface area contributed by atoms with E-state index in [1.165, 1.54) is 5.56 Å². The molecule has 0 radical (unpaired) electrons. The summed E-state index contributed by atoms with van der Waals surface area (Å²) >= 11 is 1.60. The van der Waals surface area contributed by atoms with Crippen LogP contribution in [-0.2, 0) is 9.59 Å². The van der Waals surface area contributed by atoms with E-state index in [-0.39, 0.29) is 17.2 Å². The highest BCUT2D eigenvalue weighted by Gasteiger charge is 2.40. The van der Waals surface area contributed by atoms with Crippen LogP contribution >= 0.6 is 11.8 Å². The third-order valence-corrected chi connectivity index (χ3v) is 5.08. The summed E-state index contributed by atoms with van der Waals surface area (Å²) in [7, 11) is 1.63. The van der Waals surface area contributed by atoms with Gasteiger partial charge in [-0.15, -0.1) is 11.8 Å². The molecule has 1 heterocycles. The van der Waals surface area contributed by atoms with Gasteiger partial charge in [-0.3, -0.25) is 9.59 Å². The number of carbonyl (C=O) groups is 2. The second kappa shape index (κ2) is 7.18. The number of hydrogen-bond acceptors (Lipinski definition) is 3. The summed E-state index contributed by atoms with van der Waals surface area (Å²) in [4.78, 5) is 26.5. The zero-order chi connectivity index (χ0) is 16.3. The van der Waals surface area contributed by atoms with E-state index < -0.39 is 6.04 Å². The SMILES string of the molecule is CNC(=O)[C@@H](CC(C)C)N1C(=O)CS[C@H]1c1ccc(C)cc1. The van der Waals surface area contributed by atoms with Crippen molar-refractivity contribution in [2.75, 3.05) is 12.8 Å². The van der Waals surface area contributed by atoms with Crippen LogP contribution in [0.1, 0.15) is 36.8 Å². The third-order valence-electron chi connectivity index (χ3n) is 3.85. The number of carbonyl (C=O) groups excluding carboxylic acids is 2. The molecule has 0 bridgehead atoms. The molecule has 1 aromatic rings. The maximum atomic E-state index is 12.4. The first kappa shape index (κ1) is 16.9. The Hall–Kier alpha value is -1.49. The van der Waals surface area contributed by atoms with Gasteiger partial charge < -0.3 is 10.2 Å². The van der Waals surface area contributed by atoms with Gasteiger partial charge >= 0.3 is 0 Å². The molecule has 1 N–H and O–H groups in total. The van der Waals surface area contributed by atoms with Gasteiger partial charge in [-0.2, -0.15) is 0 Å². The molecule has 1 aliphatic heterocycles. The molecular weight excluding hydrogens is 296 g/mol. The van der Waals surface area contributed by atoms with Gasteiger partial charge in [0.1, 0.15) is 11.4 Å². The number of likely N-dealkylation sites (N-methyl/N-ethyl adjacent to an activating group) is 1. The van der Waals surface area contributed by atoms with E-state index >= 15 is 0 Å². The number of rotatable bonds is 5. The molecule has 1 aromatic carbocycles. The van der Waals surface area contributed by atoms with Gasteiger partial charge in [0.15, 0.2) is 0 Å². The van der Waals surface area contributed by atoms with Crippen LogP contribution in [0.15, 0.2) is 24.3 Å². The summed E-state index contributed by atoms with van der Waals surface area (Å²) in [6.45, 7) is 6.19. The van der Waals surface area contributed by atoms with E-state index in [2.05, 4.69) is 31.3 Å². The van der Waals surface area contributed by atoms with Crippen molar-refractivity contribution in [1.82, 2.24) is 10.2 Å². The first-order chi connectivity index (χ1) is 10.4. The number of aryl methyl sites for hydroxylation is 1. The van der Waals surface area contributed by atoms with Crippen molar-refractivity contribution in [1.29, 1.82) is 0 Å². The minimum Gasteiger partial charge on any atom is -0.357 e. The first-order valence-electron chi connectivity index (χ1n) is 7.65. The van der Waals surface area contributed by atoms with Gasteiger partial charge in [0.25, 0.3) is 0 Å². The Morgan fingerprint density at radius 2 is 2.00 bits per heavy atom. The number of amides is 2. The van der Waals surface area contributed by atoms with Crippen LogP contribution in [0.4, 0.5) is 0 Å². The average molecular weight is 320 g/mol. The van der Waals surface area contributed by atoms with Crippen LogP contribution < -0.4 is 5.32 Å². The molecule has 1 saturated heterocycles. The van der Waals surface area contributed by atoms with Crippen molar-refractivity contribution >= 4 is 23.6 Å². The lowest BCUT2D eigenvalue weighted by Gasteiger charge is -2.32. The van der Waals surface area contributed by atoms with E-state index in [1.54, 1.807) is 23.7 Å². The number of hydrogen-bond donors (Lipinski definition) is 1. The quantitative estimate of drug-likeness (QED) is 0.907. The lowest BCUT2D eigenvalue weighted by molar-refractivity contribution is -0.139. The Morgan fingerprint density at radius 3 is 2.55 bits per heavy atom. The topological polar surface area (TPSA) is 49.4 Å². The number of thioether (sulfide) groups is 1. The zero-order valence-corrected chi connectivity index (χ0v) is 14.4. The molecule has 1 fully saturated rings. The second-order valence-electron chi connectivity index (χ2n) is 6.13. The zero-order valence-electron chi connectivity index (χ0n) is 13.6. The molecule has 5 heteroatoms. The molecule has 0 saturated carbocycles. The van der Waals surface area contributed by atoms with Crippen molar-refractivity contribution < 1.29 is 9.59 Å². The van der Waals surface area contributed by atoms with Gasteiger partial charge in [0, 0.05) is 7.05 Å². The first-order valence-corrected chi connectivity index (χ1v) is 8.69. The molecular formula is C17H24N2O2S. The molecule has 2 amide bonds. The van der Waals surface area contributed by atoms with Crippen molar-refractivity contribution in [3.8, 4) is 0 Å². The van der Waals surface area contributed by atoms with Crippen LogP contribution in [-0.4, -0.2) is 35.6 Å². The van der Waals surface area contributed by atoms with Crippen LogP contribution in [0, 0.1) is 12.8 Å². The average Bonchev–Trinajstić information content (AvgIpc) is 2.86. The molecule has 2 atom stereocenters. The Bertz CT molecular complexity index is 542. The van der Waals surface area contributed by atoms with E-state index in [0.717, 1.165) is 5.56 Å². The molecule has 0 aliphatic carbocycles. The molecule has 120 valence electrons. The van der Waals surface area contributed by atoms with Crippen molar-refractivity contribution in [3.63, 3.8) is 0 Å². The Kier molecular flexibility index (Phi) is 5.51. The van der Waals surface area contributed by atoms with Gasteiger partial charge in [-0.05, 0) is 24.8 Å². The lowest BCUT2D eigenvalue weighted by Crippen LogP contribution is -2.48. The van der Waals surface area contributed by atoms with E-state index in [4.69, 9.17) is 0 Å². The minimum absolute atomic E-state index is 0.0461. The monoisotopic (exact) mass is 320 g/mol. The molecule has 22 heavy (non-hydrogen) atoms. The molecule has 0 aromatic heterocycles. The predicted octanol–water partition coefficient (Wildman–Crippen LogP) is 2.73. The molecule has 0 unspecified atom stereocenters. The summed E-state index contributed by atoms with van der Waals surface area (Å²) in [6, 6.07) is 7.80. The highest BCUT2D eigenvalue weighted by atomic mass is 32.2. The minimum atomic E-state index is -0.404. The lowest BCUT2D eigenvalue weighted by atomic mass is 10.0. The maximum Gasteiger partial charge on any atom is 0.242 e. The highest BCUT2D eigenvalue weighted by molar-refractivity contribution is 8.00. The fourth-order valence-corrected chi connectivity index (χ4v) is 3.95. The van der Waals surface area contributed by atoms with Crippen LogP contribution in [0.2, 0.25) is 0 Å².